The predicted octanol–water partition coefficient (Wildman–Crippen LogP) is 5.28. The van der Waals surface area contributed by atoms with Crippen LogP contribution in [0, 0.1) is 11.6 Å². The minimum Gasteiger partial charge on any atom is -0.508 e. The van der Waals surface area contributed by atoms with Crippen molar-refractivity contribution in [3.8, 4) is 28.6 Å². The Morgan fingerprint density at radius 2 is 2.02 bits per heavy atom. The van der Waals surface area contributed by atoms with Crippen LogP contribution in [0.15, 0.2) is 30.3 Å². The second kappa shape index (κ2) is 11.3. The van der Waals surface area contributed by atoms with Gasteiger partial charge in [0.1, 0.15) is 36.5 Å². The summed E-state index contributed by atoms with van der Waals surface area (Å²) in [5.41, 5.74) is 0.107. The zero-order valence-electron chi connectivity index (χ0n) is 26.8. The van der Waals surface area contributed by atoms with E-state index in [1.807, 2.05) is 12.1 Å². The predicted molar refractivity (Wildman–Crippen MR) is 175 cm³/mol. The summed E-state index contributed by atoms with van der Waals surface area (Å²) in [5.74, 6) is -1.62. The third kappa shape index (κ3) is 4.63. The Morgan fingerprint density at radius 1 is 1.12 bits per heavy atom. The van der Waals surface area contributed by atoms with E-state index in [-0.39, 0.29) is 70.9 Å². The number of benzene rings is 3. The first-order valence-electron chi connectivity index (χ1n) is 17.0. The van der Waals surface area contributed by atoms with Crippen LogP contribution in [0.25, 0.3) is 32.8 Å². The Kier molecular flexibility index (Phi) is 7.14. The molecule has 4 aromatic rings. The highest BCUT2D eigenvalue weighted by atomic mass is 19.1. The molecular weight excluding hydrogens is 623 g/mol. The summed E-state index contributed by atoms with van der Waals surface area (Å²) in [4.78, 5) is 13.7. The molecule has 1 aromatic heterocycles. The van der Waals surface area contributed by atoms with Crippen molar-refractivity contribution in [1.29, 1.82) is 0 Å². The second-order valence-electron chi connectivity index (χ2n) is 14.1. The fourth-order valence-electron chi connectivity index (χ4n) is 9.14. The molecule has 4 saturated heterocycles. The number of alkyl halides is 1. The average molecular weight is 662 g/mol. The molecule has 3 unspecified atom stereocenters. The summed E-state index contributed by atoms with van der Waals surface area (Å²) < 4.78 is 66.8. The molecule has 2 bridgehead atoms. The highest BCUT2D eigenvalue weighted by Crippen LogP contribution is 2.49. The van der Waals surface area contributed by atoms with Gasteiger partial charge in [0.05, 0.1) is 29.1 Å². The molecule has 252 valence electrons. The maximum Gasteiger partial charge on any atom is 0.319 e. The average Bonchev–Trinajstić information content (AvgIpc) is 3.70. The van der Waals surface area contributed by atoms with Crippen molar-refractivity contribution < 1.29 is 32.5 Å². The Bertz CT molecular complexity index is 1950. The summed E-state index contributed by atoms with van der Waals surface area (Å²) in [6.45, 7) is 2.53. The molecule has 5 atom stereocenters. The number of anilines is 1. The van der Waals surface area contributed by atoms with Gasteiger partial charge in [-0.1, -0.05) is 18.2 Å². The lowest BCUT2D eigenvalue weighted by atomic mass is 9.91. The van der Waals surface area contributed by atoms with E-state index in [0.717, 1.165) is 37.8 Å². The van der Waals surface area contributed by atoms with Gasteiger partial charge in [-0.25, -0.2) is 13.2 Å². The van der Waals surface area contributed by atoms with E-state index >= 15 is 8.78 Å². The lowest BCUT2D eigenvalue weighted by Gasteiger charge is -2.40. The molecule has 4 fully saturated rings. The van der Waals surface area contributed by atoms with Crippen LogP contribution in [0.1, 0.15) is 37.7 Å². The van der Waals surface area contributed by atoms with E-state index in [4.69, 9.17) is 19.2 Å². The van der Waals surface area contributed by atoms with Crippen molar-refractivity contribution in [2.24, 2.45) is 0 Å². The van der Waals surface area contributed by atoms with E-state index < -0.39 is 23.3 Å². The zero-order valence-corrected chi connectivity index (χ0v) is 26.8. The number of aromatic hydroxyl groups is 1. The third-order valence-corrected chi connectivity index (χ3v) is 11.3. The Labute approximate surface area is 276 Å². The van der Waals surface area contributed by atoms with E-state index in [0.29, 0.717) is 49.1 Å². The van der Waals surface area contributed by atoms with Crippen molar-refractivity contribution in [2.75, 3.05) is 51.5 Å². The molecule has 0 saturated carbocycles. The third-order valence-electron chi connectivity index (χ3n) is 11.3. The number of phenols is 1. The monoisotopic (exact) mass is 661 g/mol. The number of hydrogen-bond donors (Lipinski definition) is 2. The number of fused-ring (bicyclic) bond motifs is 7. The fourth-order valence-corrected chi connectivity index (χ4v) is 9.14. The fraction of sp³-hybridized carbons (Fsp3) is 0.500. The quantitative estimate of drug-likeness (QED) is 0.275. The molecule has 5 aliphatic heterocycles. The molecule has 0 aliphatic carbocycles. The summed E-state index contributed by atoms with van der Waals surface area (Å²) in [6.07, 6.45) is 3.62. The van der Waals surface area contributed by atoms with E-state index in [2.05, 4.69) is 20.1 Å². The van der Waals surface area contributed by atoms with Gasteiger partial charge in [-0.15, -0.1) is 0 Å². The van der Waals surface area contributed by atoms with Crippen LogP contribution in [0.5, 0.6) is 17.5 Å². The molecule has 0 spiro atoms. The number of halogens is 3. The molecule has 48 heavy (non-hydrogen) atoms. The van der Waals surface area contributed by atoms with Gasteiger partial charge < -0.3 is 29.5 Å². The van der Waals surface area contributed by atoms with E-state index in [1.165, 1.54) is 6.07 Å². The summed E-state index contributed by atoms with van der Waals surface area (Å²) in [6, 6.07) is 8.65. The van der Waals surface area contributed by atoms with Crippen molar-refractivity contribution in [3.05, 3.63) is 47.5 Å². The lowest BCUT2D eigenvalue weighted by Crippen LogP contribution is -2.60. The molecule has 3 aromatic carbocycles. The molecule has 9 rings (SSSR count). The van der Waals surface area contributed by atoms with E-state index in [1.54, 1.807) is 19.2 Å². The van der Waals surface area contributed by atoms with Crippen LogP contribution >= 0.6 is 0 Å². The number of nitrogens with one attached hydrogen (secondary N) is 1. The number of ether oxygens (including phenoxy) is 3. The number of phenolic OH excluding ortho intramolecular Hbond substituents is 1. The van der Waals surface area contributed by atoms with Crippen molar-refractivity contribution in [3.63, 3.8) is 0 Å². The molecule has 0 amide bonds. The van der Waals surface area contributed by atoms with Gasteiger partial charge in [-0.05, 0) is 72.7 Å². The lowest BCUT2D eigenvalue weighted by molar-refractivity contribution is 0.107. The maximum atomic E-state index is 17.3. The Morgan fingerprint density at radius 3 is 2.90 bits per heavy atom. The van der Waals surface area contributed by atoms with Crippen LogP contribution in [-0.4, -0.2) is 96.4 Å². The number of rotatable bonds is 7. The van der Waals surface area contributed by atoms with Crippen LogP contribution in [-0.2, 0) is 11.2 Å². The number of piperazine rings is 1. The molecule has 2 N–H and O–H groups in total. The first-order valence-corrected chi connectivity index (χ1v) is 17.0. The highest BCUT2D eigenvalue weighted by Gasteiger charge is 2.50. The summed E-state index contributed by atoms with van der Waals surface area (Å²) in [7, 11) is 1.60. The standard InChI is InChI=1S/C36H38F3N5O4/c1-46-11-8-19-4-2-5-20-12-23(45)13-24(27(19)20)28-30(38)32-29-33(31(28)39)47-17-26-25-7-6-22(40-25)16-44(26)34(29)42-35(41-32)48-18-36-9-3-10-43(36)15-21(37)14-36/h2,4-5,12-13,21-22,25-26,40,45H,3,6-11,14-18H2,1H3/t21-,22?,25?,26?,36+/m1/s1. The minimum atomic E-state index is -0.929. The van der Waals surface area contributed by atoms with Gasteiger partial charge in [0.2, 0.25) is 0 Å². The van der Waals surface area contributed by atoms with Crippen LogP contribution in [0.3, 0.4) is 0 Å². The number of hydrogen-bond acceptors (Lipinski definition) is 9. The normalized spacial score (nSPS) is 27.7. The van der Waals surface area contributed by atoms with Gasteiger partial charge in [-0.3, -0.25) is 4.90 Å². The highest BCUT2D eigenvalue weighted by molar-refractivity contribution is 6.05. The van der Waals surface area contributed by atoms with Crippen molar-refractivity contribution >= 4 is 27.5 Å². The first-order chi connectivity index (χ1) is 23.3. The summed E-state index contributed by atoms with van der Waals surface area (Å²) >= 11 is 0. The van der Waals surface area contributed by atoms with E-state index in [9.17, 15) is 9.50 Å². The number of nitrogens with zero attached hydrogens (tertiary/aromatic N) is 4. The number of aromatic nitrogens is 2. The summed E-state index contributed by atoms with van der Waals surface area (Å²) in [5, 5.41) is 15.8. The molecule has 6 heterocycles. The van der Waals surface area contributed by atoms with Crippen LogP contribution in [0.4, 0.5) is 19.0 Å². The number of methoxy groups -OCH3 is 1. The van der Waals surface area contributed by atoms with Gasteiger partial charge in [0.25, 0.3) is 0 Å². The van der Waals surface area contributed by atoms with Gasteiger partial charge >= 0.3 is 6.01 Å². The minimum absolute atomic E-state index is 0.0310. The largest absolute Gasteiger partial charge is 0.508 e. The van der Waals surface area contributed by atoms with Crippen LogP contribution in [0.2, 0.25) is 0 Å². The Balaban J connectivity index is 1.25. The van der Waals surface area contributed by atoms with Crippen molar-refractivity contribution in [2.45, 2.75) is 68.4 Å². The van der Waals surface area contributed by atoms with Gasteiger partial charge in [-0.2, -0.15) is 9.97 Å². The molecular formula is C36H38F3N5O4. The molecule has 9 nitrogen and oxygen atoms in total. The van der Waals surface area contributed by atoms with Crippen LogP contribution < -0.4 is 19.7 Å². The van der Waals surface area contributed by atoms with Gasteiger partial charge in [0, 0.05) is 38.7 Å². The van der Waals surface area contributed by atoms with Gasteiger partial charge in [0.15, 0.2) is 17.4 Å². The topological polar surface area (TPSA) is 92.2 Å². The first kappa shape index (κ1) is 30.2. The van der Waals surface area contributed by atoms with Crippen molar-refractivity contribution in [1.82, 2.24) is 20.2 Å². The smallest absolute Gasteiger partial charge is 0.319 e. The second-order valence-corrected chi connectivity index (χ2v) is 14.1. The zero-order chi connectivity index (χ0) is 32.7. The molecule has 5 aliphatic rings. The SMILES string of the molecule is COCCc1cccc2cc(O)cc(-c3c(F)c4c5c(nc(OC[C@@]67CCCN6C[C@H](F)C7)nc5c3F)N3CC5CCC(N5)C3CO4)c12. The Hall–Kier alpha value is -3.87. The molecule has 12 heteroatoms. The molecule has 0 radical (unpaired) electrons. The maximum absolute atomic E-state index is 17.3.